The molecule has 0 aliphatic carbocycles. The molecule has 13 heavy (non-hydrogen) atoms. The number of hydrogen-bond donors (Lipinski definition) is 2. The number of nitrogens with one attached hydrogen (secondary N) is 1. The van der Waals surface area contributed by atoms with Crippen LogP contribution in [0.25, 0.3) is 0 Å². The van der Waals surface area contributed by atoms with E-state index in [0.29, 0.717) is 0 Å². The summed E-state index contributed by atoms with van der Waals surface area (Å²) in [7, 11) is 0. The van der Waals surface area contributed by atoms with Gasteiger partial charge in [-0.05, 0) is 40.9 Å². The number of hydrogen-bond acceptors (Lipinski definition) is 3. The maximum atomic E-state index is 5.46. The molecule has 0 aliphatic heterocycles. The van der Waals surface area contributed by atoms with Gasteiger partial charge in [0.15, 0.2) is 0 Å². The van der Waals surface area contributed by atoms with Gasteiger partial charge >= 0.3 is 0 Å². The number of halogens is 1. The molecule has 0 saturated carbocycles. The largest absolute Gasteiger partial charge is 0.271 e. The molecular formula is C9H13BrN2S. The molecule has 1 rings (SSSR count). The monoisotopic (exact) mass is 260 g/mol. The highest BCUT2D eigenvalue weighted by molar-refractivity contribution is 9.11. The molecule has 3 N–H and O–H groups in total. The van der Waals surface area contributed by atoms with Crippen molar-refractivity contribution >= 4 is 27.3 Å². The van der Waals surface area contributed by atoms with E-state index in [9.17, 15) is 0 Å². The summed E-state index contributed by atoms with van der Waals surface area (Å²) in [4.78, 5) is 1.26. The van der Waals surface area contributed by atoms with Gasteiger partial charge in [0.05, 0.1) is 9.83 Å². The fourth-order valence-corrected chi connectivity index (χ4v) is 2.63. The smallest absolute Gasteiger partial charge is 0.0702 e. The molecular weight excluding hydrogens is 248 g/mol. The summed E-state index contributed by atoms with van der Waals surface area (Å²) in [5, 5.41) is 0. The first kappa shape index (κ1) is 10.9. The van der Waals surface area contributed by atoms with E-state index in [4.69, 9.17) is 5.84 Å². The number of thiophene rings is 1. The predicted octanol–water partition coefficient (Wildman–Crippen LogP) is 2.98. The lowest BCUT2D eigenvalue weighted by atomic mass is 10.1. The lowest BCUT2D eigenvalue weighted by molar-refractivity contribution is 0.529. The highest BCUT2D eigenvalue weighted by Gasteiger charge is 2.10. The summed E-state index contributed by atoms with van der Waals surface area (Å²) in [6.45, 7) is 3.69. The molecule has 0 amide bonds. The summed E-state index contributed by atoms with van der Waals surface area (Å²) < 4.78 is 1.14. The predicted molar refractivity (Wildman–Crippen MR) is 61.5 cm³/mol. The van der Waals surface area contributed by atoms with Crippen LogP contribution in [-0.2, 0) is 0 Å². The van der Waals surface area contributed by atoms with Crippen molar-refractivity contribution < 1.29 is 0 Å². The van der Waals surface area contributed by atoms with Gasteiger partial charge in [-0.3, -0.25) is 11.3 Å². The number of allylic oxidation sites excluding steroid dienone is 1. The molecule has 0 spiro atoms. The van der Waals surface area contributed by atoms with E-state index in [1.807, 2.05) is 12.1 Å². The van der Waals surface area contributed by atoms with E-state index >= 15 is 0 Å². The van der Waals surface area contributed by atoms with Crippen molar-refractivity contribution in [2.75, 3.05) is 0 Å². The molecule has 1 heterocycles. The van der Waals surface area contributed by atoms with Crippen molar-refractivity contribution in [3.63, 3.8) is 0 Å². The van der Waals surface area contributed by atoms with Crippen LogP contribution in [0.1, 0.15) is 23.8 Å². The fourth-order valence-electron chi connectivity index (χ4n) is 1.11. The lowest BCUT2D eigenvalue weighted by Crippen LogP contribution is -2.27. The Hall–Kier alpha value is -0.160. The number of nitrogens with two attached hydrogens (primary N) is 1. The van der Waals surface area contributed by atoms with Crippen LogP contribution in [0.2, 0.25) is 0 Å². The topological polar surface area (TPSA) is 38.0 Å². The molecule has 0 aliphatic rings. The number of rotatable bonds is 5. The van der Waals surface area contributed by atoms with Crippen molar-refractivity contribution in [1.82, 2.24) is 5.43 Å². The van der Waals surface area contributed by atoms with Crippen LogP contribution < -0.4 is 11.3 Å². The van der Waals surface area contributed by atoms with Crippen LogP contribution in [0.4, 0.5) is 0 Å². The Kier molecular flexibility index (Phi) is 4.66. The molecule has 4 heteroatoms. The van der Waals surface area contributed by atoms with Gasteiger partial charge < -0.3 is 0 Å². The van der Waals surface area contributed by atoms with E-state index < -0.39 is 0 Å². The zero-order valence-electron chi connectivity index (χ0n) is 7.29. The zero-order valence-corrected chi connectivity index (χ0v) is 9.70. The minimum Gasteiger partial charge on any atom is -0.271 e. The molecule has 1 aromatic rings. The molecule has 0 saturated heterocycles. The molecule has 0 radical (unpaired) electrons. The van der Waals surface area contributed by atoms with E-state index in [1.165, 1.54) is 4.88 Å². The van der Waals surface area contributed by atoms with Crippen molar-refractivity contribution in [1.29, 1.82) is 0 Å². The summed E-state index contributed by atoms with van der Waals surface area (Å²) in [6, 6.07) is 4.37. The van der Waals surface area contributed by atoms with Crippen LogP contribution >= 0.6 is 27.3 Å². The van der Waals surface area contributed by atoms with Gasteiger partial charge in [-0.25, -0.2) is 0 Å². The van der Waals surface area contributed by atoms with E-state index in [1.54, 1.807) is 11.3 Å². The quantitative estimate of drug-likeness (QED) is 0.486. The van der Waals surface area contributed by atoms with Crippen molar-refractivity contribution in [2.24, 2.45) is 5.84 Å². The summed E-state index contributed by atoms with van der Waals surface area (Å²) in [5.41, 5.74) is 2.81. The van der Waals surface area contributed by atoms with E-state index in [-0.39, 0.29) is 6.04 Å². The van der Waals surface area contributed by atoms with Gasteiger partial charge in [0, 0.05) is 4.88 Å². The second kappa shape index (κ2) is 5.54. The molecule has 2 nitrogen and oxygen atoms in total. The van der Waals surface area contributed by atoms with Crippen LogP contribution in [0.5, 0.6) is 0 Å². The normalized spacial score (nSPS) is 12.8. The lowest BCUT2D eigenvalue weighted by Gasteiger charge is -2.12. The molecule has 1 unspecified atom stereocenters. The van der Waals surface area contributed by atoms with Gasteiger partial charge in [-0.1, -0.05) is 6.08 Å². The second-order valence-electron chi connectivity index (χ2n) is 2.73. The standard InChI is InChI=1S/C9H13BrN2S/c1-2-3-4-7(12-11)8-5-6-9(10)13-8/h2,5-7,12H,1,3-4,11H2. The Labute approximate surface area is 90.9 Å². The van der Waals surface area contributed by atoms with Crippen LogP contribution in [0.3, 0.4) is 0 Å². The SMILES string of the molecule is C=CCCC(NN)c1ccc(Br)s1. The maximum Gasteiger partial charge on any atom is 0.0702 e. The molecule has 1 atom stereocenters. The average Bonchev–Trinajstić information content (AvgIpc) is 2.54. The second-order valence-corrected chi connectivity index (χ2v) is 5.22. The summed E-state index contributed by atoms with van der Waals surface area (Å²) in [6.07, 6.45) is 3.88. The molecule has 0 bridgehead atoms. The minimum absolute atomic E-state index is 0.245. The van der Waals surface area contributed by atoms with Crippen molar-refractivity contribution in [2.45, 2.75) is 18.9 Å². The Balaban J connectivity index is 2.60. The molecule has 1 aromatic heterocycles. The van der Waals surface area contributed by atoms with Gasteiger partial charge in [-0.2, -0.15) is 0 Å². The molecule has 72 valence electrons. The average molecular weight is 261 g/mol. The Morgan fingerprint density at radius 1 is 1.69 bits per heavy atom. The highest BCUT2D eigenvalue weighted by atomic mass is 79.9. The van der Waals surface area contributed by atoms with Crippen molar-refractivity contribution in [3.8, 4) is 0 Å². The summed E-state index contributed by atoms with van der Waals surface area (Å²) >= 11 is 5.14. The van der Waals surface area contributed by atoms with Gasteiger partial charge in [0.1, 0.15) is 0 Å². The van der Waals surface area contributed by atoms with Crippen LogP contribution in [0, 0.1) is 0 Å². The van der Waals surface area contributed by atoms with E-state index in [2.05, 4.69) is 34.0 Å². The maximum absolute atomic E-state index is 5.46. The van der Waals surface area contributed by atoms with Gasteiger partial charge in [0.25, 0.3) is 0 Å². The summed E-state index contributed by atoms with van der Waals surface area (Å²) in [5.74, 6) is 5.46. The van der Waals surface area contributed by atoms with Crippen molar-refractivity contribution in [3.05, 3.63) is 33.5 Å². The third-order valence-corrected chi connectivity index (χ3v) is 3.54. The van der Waals surface area contributed by atoms with Gasteiger partial charge in [-0.15, -0.1) is 17.9 Å². The fraction of sp³-hybridized carbons (Fsp3) is 0.333. The Morgan fingerprint density at radius 2 is 2.46 bits per heavy atom. The Bertz CT molecular complexity index is 272. The third kappa shape index (κ3) is 3.23. The van der Waals surface area contributed by atoms with E-state index in [0.717, 1.165) is 16.6 Å². The van der Waals surface area contributed by atoms with Gasteiger partial charge in [0.2, 0.25) is 0 Å². The Morgan fingerprint density at radius 3 is 2.92 bits per heavy atom. The molecule has 0 aromatic carbocycles. The third-order valence-electron chi connectivity index (χ3n) is 1.80. The van der Waals surface area contributed by atoms with Crippen LogP contribution in [0.15, 0.2) is 28.6 Å². The first-order valence-electron chi connectivity index (χ1n) is 4.10. The zero-order chi connectivity index (χ0) is 9.68. The first-order valence-corrected chi connectivity index (χ1v) is 5.71. The van der Waals surface area contributed by atoms with Crippen LogP contribution in [-0.4, -0.2) is 0 Å². The molecule has 0 fully saturated rings. The first-order chi connectivity index (χ1) is 6.27. The minimum atomic E-state index is 0.245. The highest BCUT2D eigenvalue weighted by Crippen LogP contribution is 2.29. The number of hydrazine groups is 1.